The number of aromatic hydroxyl groups is 1. The van der Waals surface area contributed by atoms with Crippen LogP contribution in [-0.2, 0) is 0 Å². The molecule has 2 amide bonds. The van der Waals surface area contributed by atoms with Gasteiger partial charge in [0, 0.05) is 5.56 Å². The Morgan fingerprint density at radius 1 is 1.14 bits per heavy atom. The predicted molar refractivity (Wildman–Crippen MR) is 90.0 cm³/mol. The van der Waals surface area contributed by atoms with Gasteiger partial charge in [0.25, 0.3) is 0 Å². The third-order valence-electron chi connectivity index (χ3n) is 3.53. The average molecular weight is 305 g/mol. The van der Waals surface area contributed by atoms with Crippen LogP contribution in [0, 0.1) is 0 Å². The van der Waals surface area contributed by atoms with Gasteiger partial charge in [-0.15, -0.1) is 0 Å². The molecule has 1 aromatic carbocycles. The van der Waals surface area contributed by atoms with E-state index < -0.39 is 6.03 Å². The summed E-state index contributed by atoms with van der Waals surface area (Å²) in [6.45, 7) is 2.21. The Balaban J connectivity index is 2.52. The van der Waals surface area contributed by atoms with Crippen LogP contribution in [0.4, 0.5) is 4.79 Å². The van der Waals surface area contributed by atoms with Gasteiger partial charge in [-0.1, -0.05) is 57.6 Å². The second-order valence-corrected chi connectivity index (χ2v) is 5.42. The van der Waals surface area contributed by atoms with E-state index in [1.54, 1.807) is 18.2 Å². The molecule has 4 N–H and O–H groups in total. The molecule has 0 fully saturated rings. The molecule has 0 unspecified atom stereocenters. The molecule has 22 heavy (non-hydrogen) atoms. The first-order valence-electron chi connectivity index (χ1n) is 8.05. The minimum Gasteiger partial charge on any atom is -0.507 e. The largest absolute Gasteiger partial charge is 0.507 e. The molecule has 0 aliphatic carbocycles. The van der Waals surface area contributed by atoms with Gasteiger partial charge in [-0.05, 0) is 25.0 Å². The van der Waals surface area contributed by atoms with E-state index in [0.29, 0.717) is 17.7 Å². The molecular weight excluding hydrogens is 278 g/mol. The molecule has 0 aromatic heterocycles. The van der Waals surface area contributed by atoms with Gasteiger partial charge in [0.15, 0.2) is 0 Å². The second-order valence-electron chi connectivity index (χ2n) is 5.42. The lowest BCUT2D eigenvalue weighted by molar-refractivity contribution is 0.249. The topological polar surface area (TPSA) is 87.7 Å². The molecule has 0 atom stereocenters. The minimum absolute atomic E-state index is 0.162. The Labute approximate surface area is 132 Å². The molecule has 122 valence electrons. The van der Waals surface area contributed by atoms with Crippen LogP contribution in [0.5, 0.6) is 5.75 Å². The van der Waals surface area contributed by atoms with Crippen molar-refractivity contribution in [3.63, 3.8) is 0 Å². The number of phenols is 1. The van der Waals surface area contributed by atoms with Gasteiger partial charge < -0.3 is 10.8 Å². The maximum absolute atomic E-state index is 10.8. The molecule has 1 aromatic rings. The smallest absolute Gasteiger partial charge is 0.332 e. The molecule has 5 nitrogen and oxygen atoms in total. The first kappa shape index (κ1) is 18.0. The minimum atomic E-state index is -0.701. The van der Waals surface area contributed by atoms with Crippen molar-refractivity contribution >= 4 is 11.7 Å². The number of carbonyl (C=O) groups excluding carboxylic acids is 1. The maximum Gasteiger partial charge on any atom is 0.332 e. The monoisotopic (exact) mass is 305 g/mol. The third-order valence-corrected chi connectivity index (χ3v) is 3.53. The van der Waals surface area contributed by atoms with Crippen LogP contribution in [0.15, 0.2) is 29.4 Å². The first-order chi connectivity index (χ1) is 10.6. The van der Waals surface area contributed by atoms with E-state index in [9.17, 15) is 9.90 Å². The predicted octanol–water partition coefficient (Wildman–Crippen LogP) is 3.91. The van der Waals surface area contributed by atoms with Gasteiger partial charge >= 0.3 is 6.03 Å². The van der Waals surface area contributed by atoms with Gasteiger partial charge in [-0.2, -0.15) is 5.10 Å². The number of primary amides is 1. The Kier molecular flexibility index (Phi) is 8.72. The van der Waals surface area contributed by atoms with Crippen LogP contribution < -0.4 is 11.2 Å². The molecule has 0 aliphatic heterocycles. The van der Waals surface area contributed by atoms with Gasteiger partial charge in [0.2, 0.25) is 0 Å². The fourth-order valence-corrected chi connectivity index (χ4v) is 2.34. The van der Waals surface area contributed by atoms with E-state index in [-0.39, 0.29) is 5.75 Å². The number of nitrogens with zero attached hydrogens (tertiary/aromatic N) is 1. The molecule has 0 bridgehead atoms. The number of urea groups is 1. The number of unbranched alkanes of at least 4 members (excludes halogenated alkanes) is 6. The highest BCUT2D eigenvalue weighted by molar-refractivity contribution is 6.03. The summed E-state index contributed by atoms with van der Waals surface area (Å²) in [5, 5.41) is 14.0. The molecule has 0 spiro atoms. The number of nitrogens with two attached hydrogens (primary N) is 1. The summed E-state index contributed by atoms with van der Waals surface area (Å²) in [7, 11) is 0. The lowest BCUT2D eigenvalue weighted by Gasteiger charge is -2.09. The molecule has 5 heteroatoms. The molecule has 0 aliphatic rings. The number of hydrogen-bond acceptors (Lipinski definition) is 3. The second kappa shape index (κ2) is 10.7. The van der Waals surface area contributed by atoms with Crippen LogP contribution in [0.25, 0.3) is 0 Å². The van der Waals surface area contributed by atoms with Crippen molar-refractivity contribution in [3.05, 3.63) is 29.8 Å². The Morgan fingerprint density at radius 2 is 1.77 bits per heavy atom. The summed E-state index contributed by atoms with van der Waals surface area (Å²) < 4.78 is 0. The van der Waals surface area contributed by atoms with Crippen molar-refractivity contribution in [2.45, 2.75) is 58.3 Å². The number of para-hydroxylation sites is 1. The van der Waals surface area contributed by atoms with E-state index in [2.05, 4.69) is 17.5 Å². The number of carbonyl (C=O) groups is 1. The molecule has 0 saturated heterocycles. The summed E-state index contributed by atoms with van der Waals surface area (Å²) in [5.74, 6) is 0.162. The van der Waals surface area contributed by atoms with Gasteiger partial charge in [0.05, 0.1) is 5.71 Å². The van der Waals surface area contributed by atoms with Crippen LogP contribution in [0.1, 0.15) is 63.9 Å². The summed E-state index contributed by atoms with van der Waals surface area (Å²) >= 11 is 0. The fraction of sp³-hybridized carbons (Fsp3) is 0.529. The van der Waals surface area contributed by atoms with Gasteiger partial charge in [-0.25, -0.2) is 10.2 Å². The number of nitrogens with one attached hydrogen (secondary N) is 1. The molecule has 0 heterocycles. The van der Waals surface area contributed by atoms with Gasteiger partial charge in [0.1, 0.15) is 5.75 Å². The highest BCUT2D eigenvalue weighted by atomic mass is 16.3. The average Bonchev–Trinajstić information content (AvgIpc) is 2.50. The Hall–Kier alpha value is -2.04. The van der Waals surface area contributed by atoms with Crippen LogP contribution >= 0.6 is 0 Å². The zero-order valence-corrected chi connectivity index (χ0v) is 13.3. The van der Waals surface area contributed by atoms with E-state index in [4.69, 9.17) is 5.73 Å². The SMILES string of the molecule is CCCCCCCCC/C(=N\NC(N)=O)c1ccccc1O. The van der Waals surface area contributed by atoms with Crippen LogP contribution in [-0.4, -0.2) is 16.8 Å². The molecule has 0 saturated carbocycles. The summed E-state index contributed by atoms with van der Waals surface area (Å²) in [6, 6.07) is 6.29. The number of benzene rings is 1. The van der Waals surface area contributed by atoms with E-state index in [1.165, 1.54) is 32.1 Å². The first-order valence-corrected chi connectivity index (χ1v) is 8.05. The normalized spacial score (nSPS) is 11.4. The van der Waals surface area contributed by atoms with Crippen molar-refractivity contribution in [1.29, 1.82) is 0 Å². The molecule has 1 rings (SSSR count). The van der Waals surface area contributed by atoms with Gasteiger partial charge in [-0.3, -0.25) is 0 Å². The zero-order valence-electron chi connectivity index (χ0n) is 13.3. The molecular formula is C17H27N3O2. The van der Waals surface area contributed by atoms with Crippen molar-refractivity contribution in [2.24, 2.45) is 10.8 Å². The quantitative estimate of drug-likeness (QED) is 0.348. The Morgan fingerprint density at radius 3 is 2.41 bits per heavy atom. The van der Waals surface area contributed by atoms with E-state index >= 15 is 0 Å². The maximum atomic E-state index is 10.8. The van der Waals surface area contributed by atoms with Crippen molar-refractivity contribution in [1.82, 2.24) is 5.43 Å². The summed E-state index contributed by atoms with van der Waals surface area (Å²) in [4.78, 5) is 10.8. The van der Waals surface area contributed by atoms with Crippen LogP contribution in [0.2, 0.25) is 0 Å². The van der Waals surface area contributed by atoms with Crippen molar-refractivity contribution in [2.75, 3.05) is 0 Å². The highest BCUT2D eigenvalue weighted by Gasteiger charge is 2.09. The Bertz CT molecular complexity index is 487. The number of hydrogen-bond donors (Lipinski definition) is 3. The number of amides is 2. The van der Waals surface area contributed by atoms with Crippen molar-refractivity contribution < 1.29 is 9.90 Å². The zero-order chi connectivity index (χ0) is 16.2. The summed E-state index contributed by atoms with van der Waals surface area (Å²) in [5.41, 5.74) is 8.61. The highest BCUT2D eigenvalue weighted by Crippen LogP contribution is 2.20. The third kappa shape index (κ3) is 7.11. The van der Waals surface area contributed by atoms with Crippen molar-refractivity contribution in [3.8, 4) is 5.75 Å². The number of phenolic OH excluding ortho intramolecular Hbond substituents is 1. The molecule has 0 radical (unpaired) electrons. The van der Waals surface area contributed by atoms with Crippen LogP contribution in [0.3, 0.4) is 0 Å². The van der Waals surface area contributed by atoms with E-state index in [1.807, 2.05) is 6.07 Å². The fourth-order valence-electron chi connectivity index (χ4n) is 2.34. The summed E-state index contributed by atoms with van der Waals surface area (Å²) in [6.07, 6.45) is 9.10. The number of rotatable bonds is 10. The number of hydrazone groups is 1. The van der Waals surface area contributed by atoms with E-state index in [0.717, 1.165) is 12.8 Å². The lowest BCUT2D eigenvalue weighted by atomic mass is 10.0. The standard InChI is InChI=1S/C17H27N3O2/c1-2-3-4-5-6-7-8-12-15(19-20-17(18)22)14-11-9-10-13-16(14)21/h9-11,13,21H,2-8,12H2,1H3,(H3,18,20,22)/b19-15+. The lowest BCUT2D eigenvalue weighted by Crippen LogP contribution is -2.26.